The highest BCUT2D eigenvalue weighted by Crippen LogP contribution is 2.35. The number of aromatic nitrogens is 1. The number of hydrogen-bond acceptors (Lipinski definition) is 4. The van der Waals surface area contributed by atoms with Crippen LogP contribution < -0.4 is 16.8 Å². The summed E-state index contributed by atoms with van der Waals surface area (Å²) in [4.78, 5) is 16.4. The second-order valence-corrected chi connectivity index (χ2v) is 8.09. The predicted octanol–water partition coefficient (Wildman–Crippen LogP) is 4.14. The van der Waals surface area contributed by atoms with Crippen LogP contribution in [0.1, 0.15) is 23.3 Å². The van der Waals surface area contributed by atoms with E-state index < -0.39 is 0 Å². The van der Waals surface area contributed by atoms with Crippen LogP contribution in [0.5, 0.6) is 5.75 Å². The van der Waals surface area contributed by atoms with Gasteiger partial charge in [-0.15, -0.1) is 0 Å². The number of nitrogens with two attached hydrogens (primary N) is 2. The first-order valence-electron chi connectivity index (χ1n) is 10.9. The number of phenolic OH excluding ortho intramolecular Hbond substituents is 1. The molecular formula is C26H27FN4O2. The Kier molecular flexibility index (Phi) is 6.72. The van der Waals surface area contributed by atoms with Crippen molar-refractivity contribution >= 4 is 16.8 Å². The molecule has 0 saturated heterocycles. The van der Waals surface area contributed by atoms with Crippen molar-refractivity contribution in [3.63, 3.8) is 0 Å². The molecule has 1 atom stereocenters. The summed E-state index contributed by atoms with van der Waals surface area (Å²) in [5, 5.41) is 13.5. The molecule has 0 spiro atoms. The first kappa shape index (κ1) is 22.5. The van der Waals surface area contributed by atoms with E-state index in [1.807, 2.05) is 18.2 Å². The van der Waals surface area contributed by atoms with Gasteiger partial charge in [-0.3, -0.25) is 4.79 Å². The molecule has 0 fully saturated rings. The Morgan fingerprint density at radius 1 is 1.00 bits per heavy atom. The van der Waals surface area contributed by atoms with E-state index in [1.165, 1.54) is 12.1 Å². The van der Waals surface area contributed by atoms with E-state index in [1.54, 1.807) is 36.4 Å². The number of phenols is 1. The number of fused-ring (bicyclic) bond motifs is 1. The fourth-order valence-corrected chi connectivity index (χ4v) is 3.91. The van der Waals surface area contributed by atoms with Crippen molar-refractivity contribution in [1.29, 1.82) is 0 Å². The van der Waals surface area contributed by atoms with Gasteiger partial charge >= 0.3 is 0 Å². The smallest absolute Gasteiger partial charge is 0.268 e. The number of aromatic hydroxyl groups is 1. The van der Waals surface area contributed by atoms with Crippen molar-refractivity contribution < 1.29 is 14.3 Å². The summed E-state index contributed by atoms with van der Waals surface area (Å²) >= 11 is 0. The van der Waals surface area contributed by atoms with Crippen molar-refractivity contribution in [3.05, 3.63) is 78.2 Å². The summed E-state index contributed by atoms with van der Waals surface area (Å²) in [7, 11) is 0. The van der Waals surface area contributed by atoms with Gasteiger partial charge in [0.1, 0.15) is 17.3 Å². The third-order valence-electron chi connectivity index (χ3n) is 5.66. The summed E-state index contributed by atoms with van der Waals surface area (Å²) in [6, 6.07) is 18.6. The van der Waals surface area contributed by atoms with Gasteiger partial charge in [0.25, 0.3) is 5.91 Å². The van der Waals surface area contributed by atoms with Gasteiger partial charge in [0.2, 0.25) is 0 Å². The molecule has 0 bridgehead atoms. The summed E-state index contributed by atoms with van der Waals surface area (Å²) in [5.74, 6) is -0.409. The number of aromatic amines is 1. The molecule has 0 aliphatic carbocycles. The van der Waals surface area contributed by atoms with Gasteiger partial charge in [0.05, 0.1) is 0 Å². The van der Waals surface area contributed by atoms with Crippen molar-refractivity contribution in [1.82, 2.24) is 10.3 Å². The number of benzene rings is 3. The molecule has 0 aliphatic heterocycles. The fourth-order valence-electron chi connectivity index (χ4n) is 3.91. The van der Waals surface area contributed by atoms with Crippen LogP contribution in [-0.2, 0) is 0 Å². The van der Waals surface area contributed by atoms with Gasteiger partial charge in [-0.2, -0.15) is 0 Å². The normalized spacial score (nSPS) is 12.1. The first-order valence-corrected chi connectivity index (χ1v) is 10.9. The molecule has 0 aliphatic rings. The first-order chi connectivity index (χ1) is 16.0. The molecule has 1 heterocycles. The number of hydrogen-bond donors (Lipinski definition) is 5. The van der Waals surface area contributed by atoms with E-state index in [2.05, 4.69) is 10.3 Å². The monoisotopic (exact) mass is 446 g/mol. The lowest BCUT2D eigenvalue weighted by Gasteiger charge is -2.12. The molecule has 3 aromatic carbocycles. The predicted molar refractivity (Wildman–Crippen MR) is 129 cm³/mol. The van der Waals surface area contributed by atoms with Crippen LogP contribution in [0.4, 0.5) is 4.39 Å². The highest BCUT2D eigenvalue weighted by atomic mass is 19.1. The lowest BCUT2D eigenvalue weighted by atomic mass is 9.99. The van der Waals surface area contributed by atoms with Crippen LogP contribution in [0.15, 0.2) is 66.7 Å². The van der Waals surface area contributed by atoms with E-state index >= 15 is 0 Å². The second-order valence-electron chi connectivity index (χ2n) is 8.09. The van der Waals surface area contributed by atoms with Crippen LogP contribution in [-0.4, -0.2) is 35.1 Å². The number of halogens is 1. The molecule has 7 N–H and O–H groups in total. The average Bonchev–Trinajstić information content (AvgIpc) is 3.21. The van der Waals surface area contributed by atoms with E-state index in [-0.39, 0.29) is 23.5 Å². The maximum absolute atomic E-state index is 13.3. The largest absolute Gasteiger partial charge is 0.508 e. The molecule has 4 rings (SSSR count). The maximum atomic E-state index is 13.3. The molecule has 7 heteroatoms. The molecule has 1 aromatic heterocycles. The van der Waals surface area contributed by atoms with Gasteiger partial charge in [0.15, 0.2) is 0 Å². The zero-order valence-electron chi connectivity index (χ0n) is 18.1. The lowest BCUT2D eigenvalue weighted by Crippen LogP contribution is -2.37. The van der Waals surface area contributed by atoms with Gasteiger partial charge in [-0.05, 0) is 66.4 Å². The topological polar surface area (TPSA) is 117 Å². The summed E-state index contributed by atoms with van der Waals surface area (Å²) < 4.78 is 13.3. The molecule has 0 unspecified atom stereocenters. The maximum Gasteiger partial charge on any atom is 0.268 e. The Labute approximate surface area is 191 Å². The van der Waals surface area contributed by atoms with Crippen LogP contribution in [0.25, 0.3) is 33.2 Å². The van der Waals surface area contributed by atoms with Crippen molar-refractivity contribution in [2.24, 2.45) is 11.5 Å². The van der Waals surface area contributed by atoms with Gasteiger partial charge < -0.3 is 26.9 Å². The lowest BCUT2D eigenvalue weighted by molar-refractivity contribution is 0.0947. The fraction of sp³-hybridized carbons (Fsp3) is 0.192. The van der Waals surface area contributed by atoms with Crippen molar-refractivity contribution in [2.75, 3.05) is 13.1 Å². The van der Waals surface area contributed by atoms with Crippen LogP contribution in [0.3, 0.4) is 0 Å². The van der Waals surface area contributed by atoms with E-state index in [0.717, 1.165) is 46.0 Å². The SMILES string of the molecule is NCCC[C@H](N)CNC(=O)c1[nH]c2cc(-c3ccc(F)cc3)ccc2c1-c1ccc(O)cc1. The van der Waals surface area contributed by atoms with Crippen molar-refractivity contribution in [3.8, 4) is 28.0 Å². The Morgan fingerprint density at radius 2 is 1.67 bits per heavy atom. The number of nitrogens with one attached hydrogen (secondary N) is 2. The minimum Gasteiger partial charge on any atom is -0.508 e. The molecular weight excluding hydrogens is 419 g/mol. The van der Waals surface area contributed by atoms with E-state index in [4.69, 9.17) is 11.5 Å². The number of amides is 1. The van der Waals surface area contributed by atoms with E-state index in [0.29, 0.717) is 18.8 Å². The van der Waals surface area contributed by atoms with Crippen LogP contribution >= 0.6 is 0 Å². The molecule has 4 aromatic rings. The Balaban J connectivity index is 1.73. The van der Waals surface area contributed by atoms with Crippen LogP contribution in [0, 0.1) is 5.82 Å². The standard InChI is InChI=1S/C26H27FN4O2/c27-19-8-3-16(4-9-19)18-7-12-22-23(14-18)31-25(24(22)17-5-10-21(32)11-6-17)26(33)30-15-20(29)2-1-13-28/h3-12,14,20,31-32H,1-2,13,15,28-29H2,(H,30,33)/t20-/m0/s1. The summed E-state index contributed by atoms with van der Waals surface area (Å²) in [6.07, 6.45) is 1.53. The molecule has 170 valence electrons. The zero-order chi connectivity index (χ0) is 23.4. The third-order valence-corrected chi connectivity index (χ3v) is 5.66. The zero-order valence-corrected chi connectivity index (χ0v) is 18.1. The molecule has 1 amide bonds. The minimum absolute atomic E-state index is 0.147. The minimum atomic E-state index is -0.294. The number of carbonyl (C=O) groups is 1. The Hall–Kier alpha value is -3.68. The highest BCUT2D eigenvalue weighted by Gasteiger charge is 2.20. The number of H-pyrrole nitrogens is 1. The van der Waals surface area contributed by atoms with Gasteiger partial charge in [-0.1, -0.05) is 36.4 Å². The number of carbonyl (C=O) groups excluding carboxylic acids is 1. The molecule has 0 saturated carbocycles. The Morgan fingerprint density at radius 3 is 2.36 bits per heavy atom. The molecule has 33 heavy (non-hydrogen) atoms. The molecule has 0 radical (unpaired) electrons. The summed E-state index contributed by atoms with van der Waals surface area (Å²) in [6.45, 7) is 0.898. The number of rotatable bonds is 8. The highest BCUT2D eigenvalue weighted by molar-refractivity contribution is 6.10. The third kappa shape index (κ3) is 5.05. The van der Waals surface area contributed by atoms with Gasteiger partial charge in [-0.25, -0.2) is 4.39 Å². The van der Waals surface area contributed by atoms with Gasteiger partial charge in [0, 0.05) is 29.1 Å². The molecule has 6 nitrogen and oxygen atoms in total. The van der Waals surface area contributed by atoms with E-state index in [9.17, 15) is 14.3 Å². The Bertz CT molecular complexity index is 1250. The second kappa shape index (κ2) is 9.85. The summed E-state index contributed by atoms with van der Waals surface area (Å²) in [5.41, 5.74) is 16.1. The quantitative estimate of drug-likeness (QED) is 0.280. The average molecular weight is 447 g/mol. The van der Waals surface area contributed by atoms with Crippen LogP contribution in [0.2, 0.25) is 0 Å². The van der Waals surface area contributed by atoms with Crippen molar-refractivity contribution in [2.45, 2.75) is 18.9 Å².